The van der Waals surface area contributed by atoms with E-state index in [-0.39, 0.29) is 17.3 Å². The van der Waals surface area contributed by atoms with E-state index in [2.05, 4.69) is 27.1 Å². The Bertz CT molecular complexity index is 782. The first-order chi connectivity index (χ1) is 12.5. The Morgan fingerprint density at radius 2 is 2.00 bits per heavy atom. The van der Waals surface area contributed by atoms with Crippen molar-refractivity contribution in [3.05, 3.63) is 42.2 Å². The van der Waals surface area contributed by atoms with Crippen molar-refractivity contribution in [1.29, 1.82) is 0 Å². The smallest absolute Gasteiger partial charge is 0.234 e. The molecule has 1 N–H and O–H groups in total. The van der Waals surface area contributed by atoms with Crippen molar-refractivity contribution in [2.75, 3.05) is 29.1 Å². The fraction of sp³-hybridized carbons (Fsp3) is 0.389. The Hall–Kier alpha value is -2.22. The number of aromatic nitrogens is 2. The van der Waals surface area contributed by atoms with Crippen LogP contribution in [0, 0.1) is 17.6 Å². The average Bonchev–Trinajstić information content (AvgIpc) is 2.64. The number of piperidine rings is 1. The Balaban J connectivity index is 1.55. The van der Waals surface area contributed by atoms with Gasteiger partial charge in [-0.2, -0.15) is 0 Å². The lowest BCUT2D eigenvalue weighted by Crippen LogP contribution is -2.33. The maximum Gasteiger partial charge on any atom is 0.234 e. The number of nitrogens with one attached hydrogen (secondary N) is 1. The second kappa shape index (κ2) is 8.44. The van der Waals surface area contributed by atoms with Gasteiger partial charge in [0.05, 0.1) is 5.75 Å². The van der Waals surface area contributed by atoms with Crippen LogP contribution in [0.4, 0.5) is 20.3 Å². The molecule has 3 rings (SSSR count). The fourth-order valence-corrected chi connectivity index (χ4v) is 3.39. The van der Waals surface area contributed by atoms with Crippen LogP contribution in [0.2, 0.25) is 0 Å². The number of carbonyl (C=O) groups excluding carboxylic acids is 1. The molecular weight excluding hydrogens is 358 g/mol. The Morgan fingerprint density at radius 3 is 2.73 bits per heavy atom. The number of nitrogens with zero attached hydrogens (tertiary/aromatic N) is 3. The molecular formula is C18H20F2N4OS. The van der Waals surface area contributed by atoms with E-state index >= 15 is 0 Å². The number of anilines is 2. The van der Waals surface area contributed by atoms with Gasteiger partial charge < -0.3 is 10.2 Å². The molecule has 0 bridgehead atoms. The molecule has 5 nitrogen and oxygen atoms in total. The van der Waals surface area contributed by atoms with Crippen LogP contribution in [-0.2, 0) is 4.79 Å². The highest BCUT2D eigenvalue weighted by Gasteiger charge is 2.17. The summed E-state index contributed by atoms with van der Waals surface area (Å²) in [4.78, 5) is 22.7. The zero-order valence-corrected chi connectivity index (χ0v) is 15.2. The van der Waals surface area contributed by atoms with E-state index in [1.807, 2.05) is 6.07 Å². The molecule has 1 aliphatic heterocycles. The van der Waals surface area contributed by atoms with E-state index in [4.69, 9.17) is 0 Å². The molecule has 1 saturated heterocycles. The predicted octanol–water partition coefficient (Wildman–Crippen LogP) is 3.72. The molecule has 1 aromatic heterocycles. The Labute approximate surface area is 155 Å². The van der Waals surface area contributed by atoms with Crippen LogP contribution in [0.5, 0.6) is 0 Å². The van der Waals surface area contributed by atoms with Gasteiger partial charge >= 0.3 is 0 Å². The molecule has 0 saturated carbocycles. The number of carbonyl (C=O) groups is 1. The highest BCUT2D eigenvalue weighted by Crippen LogP contribution is 2.24. The summed E-state index contributed by atoms with van der Waals surface area (Å²) in [6.45, 7) is 4.20. The van der Waals surface area contributed by atoms with Crippen LogP contribution in [0.25, 0.3) is 0 Å². The lowest BCUT2D eigenvalue weighted by atomic mass is 9.99. The standard InChI is InChI=1S/C18H20F2N4OS/c1-12-4-6-24(7-5-12)16-9-18(22-11-21-16)26-10-17(25)23-13-2-3-14(19)15(20)8-13/h2-3,8-9,11-12H,4-7,10H2,1H3,(H,23,25). The fourth-order valence-electron chi connectivity index (χ4n) is 2.73. The van der Waals surface area contributed by atoms with Gasteiger partial charge in [0.15, 0.2) is 11.6 Å². The van der Waals surface area contributed by atoms with E-state index in [1.165, 1.54) is 24.2 Å². The molecule has 0 radical (unpaired) electrons. The van der Waals surface area contributed by atoms with Gasteiger partial charge in [0.2, 0.25) is 5.91 Å². The normalized spacial score (nSPS) is 15.1. The summed E-state index contributed by atoms with van der Waals surface area (Å²) >= 11 is 1.28. The van der Waals surface area contributed by atoms with Gasteiger partial charge in [0.25, 0.3) is 0 Å². The van der Waals surface area contributed by atoms with Gasteiger partial charge in [-0.05, 0) is 30.9 Å². The summed E-state index contributed by atoms with van der Waals surface area (Å²) in [6.07, 6.45) is 3.79. The SMILES string of the molecule is CC1CCN(c2cc(SCC(=O)Nc3ccc(F)c(F)c3)ncn2)CC1. The zero-order chi connectivity index (χ0) is 18.5. The van der Waals surface area contributed by atoms with Crippen molar-refractivity contribution in [2.24, 2.45) is 5.92 Å². The van der Waals surface area contributed by atoms with Crippen molar-refractivity contribution >= 4 is 29.2 Å². The largest absolute Gasteiger partial charge is 0.356 e. The Morgan fingerprint density at radius 1 is 1.23 bits per heavy atom. The van der Waals surface area contributed by atoms with Gasteiger partial charge in [-0.25, -0.2) is 18.7 Å². The summed E-state index contributed by atoms with van der Waals surface area (Å²) in [5, 5.41) is 3.25. The van der Waals surface area contributed by atoms with Crippen LogP contribution >= 0.6 is 11.8 Å². The summed E-state index contributed by atoms with van der Waals surface area (Å²) in [6, 6.07) is 5.14. The minimum atomic E-state index is -0.994. The molecule has 0 atom stereocenters. The molecule has 2 aromatic rings. The van der Waals surface area contributed by atoms with Gasteiger partial charge in [-0.1, -0.05) is 18.7 Å². The quantitative estimate of drug-likeness (QED) is 0.635. The third-order valence-corrected chi connectivity index (χ3v) is 5.22. The van der Waals surface area contributed by atoms with Crippen molar-refractivity contribution in [1.82, 2.24) is 9.97 Å². The maximum absolute atomic E-state index is 13.2. The number of halogens is 2. The molecule has 1 amide bonds. The van der Waals surface area contributed by atoms with Gasteiger partial charge in [0.1, 0.15) is 17.2 Å². The zero-order valence-electron chi connectivity index (χ0n) is 14.4. The average molecular weight is 378 g/mol. The molecule has 0 unspecified atom stereocenters. The van der Waals surface area contributed by atoms with Gasteiger partial charge in [-0.15, -0.1) is 0 Å². The second-order valence-corrected chi connectivity index (χ2v) is 7.35. The van der Waals surface area contributed by atoms with Crippen molar-refractivity contribution in [3.8, 4) is 0 Å². The van der Waals surface area contributed by atoms with Crippen molar-refractivity contribution in [3.63, 3.8) is 0 Å². The minimum absolute atomic E-state index is 0.118. The first kappa shape index (κ1) is 18.6. The van der Waals surface area contributed by atoms with Gasteiger partial charge in [0, 0.05) is 30.9 Å². The highest BCUT2D eigenvalue weighted by atomic mass is 32.2. The van der Waals surface area contributed by atoms with E-state index in [9.17, 15) is 13.6 Å². The summed E-state index contributed by atoms with van der Waals surface area (Å²) < 4.78 is 26.1. The van der Waals surface area contributed by atoms with Crippen molar-refractivity contribution in [2.45, 2.75) is 24.8 Å². The first-order valence-corrected chi connectivity index (χ1v) is 9.44. The number of hydrogen-bond acceptors (Lipinski definition) is 5. The van der Waals surface area contributed by atoms with Crippen molar-refractivity contribution < 1.29 is 13.6 Å². The highest BCUT2D eigenvalue weighted by molar-refractivity contribution is 7.99. The third kappa shape index (κ3) is 4.91. The molecule has 138 valence electrons. The maximum atomic E-state index is 13.2. The Kier molecular flexibility index (Phi) is 6.03. The molecule has 1 fully saturated rings. The van der Waals surface area contributed by atoms with E-state index in [1.54, 1.807) is 0 Å². The summed E-state index contributed by atoms with van der Waals surface area (Å²) in [5.41, 5.74) is 0.223. The third-order valence-electron chi connectivity index (χ3n) is 4.29. The van der Waals surface area contributed by atoms with Crippen LogP contribution in [0.3, 0.4) is 0 Å². The van der Waals surface area contributed by atoms with Gasteiger partial charge in [-0.3, -0.25) is 4.79 Å². The van der Waals surface area contributed by atoms with E-state index in [0.29, 0.717) is 5.03 Å². The molecule has 2 heterocycles. The predicted molar refractivity (Wildman–Crippen MR) is 98.4 cm³/mol. The molecule has 0 aliphatic carbocycles. The summed E-state index contributed by atoms with van der Waals surface area (Å²) in [7, 11) is 0. The molecule has 8 heteroatoms. The number of rotatable bonds is 5. The lowest BCUT2D eigenvalue weighted by Gasteiger charge is -2.31. The molecule has 1 aliphatic rings. The van der Waals surface area contributed by atoms with Crippen LogP contribution in [0.15, 0.2) is 35.6 Å². The molecule has 0 spiro atoms. The van der Waals surface area contributed by atoms with Crippen LogP contribution < -0.4 is 10.2 Å². The minimum Gasteiger partial charge on any atom is -0.356 e. The number of benzene rings is 1. The topological polar surface area (TPSA) is 58.1 Å². The van der Waals surface area contributed by atoms with E-state index in [0.717, 1.165) is 49.8 Å². The van der Waals surface area contributed by atoms with Crippen LogP contribution in [-0.4, -0.2) is 34.7 Å². The lowest BCUT2D eigenvalue weighted by molar-refractivity contribution is -0.113. The first-order valence-electron chi connectivity index (χ1n) is 8.46. The molecule has 1 aromatic carbocycles. The van der Waals surface area contributed by atoms with E-state index < -0.39 is 11.6 Å². The van der Waals surface area contributed by atoms with Crippen LogP contribution in [0.1, 0.15) is 19.8 Å². The molecule has 26 heavy (non-hydrogen) atoms. The summed E-state index contributed by atoms with van der Waals surface area (Å²) in [5.74, 6) is -0.526. The number of hydrogen-bond donors (Lipinski definition) is 1. The second-order valence-electron chi connectivity index (χ2n) is 6.35. The number of amides is 1. The number of thioether (sulfide) groups is 1. The monoisotopic (exact) mass is 378 g/mol.